The van der Waals surface area contributed by atoms with Crippen LogP contribution < -0.4 is 9.64 Å². The smallest absolute Gasteiger partial charge is 0.340 e. The Balaban J connectivity index is 1.47. The van der Waals surface area contributed by atoms with Gasteiger partial charge in [-0.25, -0.2) is 18.7 Å². The van der Waals surface area contributed by atoms with Crippen LogP contribution in [0.1, 0.15) is 39.9 Å². The van der Waals surface area contributed by atoms with Crippen LogP contribution in [0.2, 0.25) is 0 Å². The number of halogens is 4. The molecule has 0 unspecified atom stereocenters. The van der Waals surface area contributed by atoms with E-state index in [1.54, 1.807) is 28.9 Å². The van der Waals surface area contributed by atoms with Gasteiger partial charge in [0, 0.05) is 48.6 Å². The summed E-state index contributed by atoms with van der Waals surface area (Å²) in [6.45, 7) is 1.07. The lowest BCUT2D eigenvalue weighted by Gasteiger charge is -2.19. The van der Waals surface area contributed by atoms with Crippen molar-refractivity contribution in [3.05, 3.63) is 46.8 Å². The van der Waals surface area contributed by atoms with Gasteiger partial charge in [-0.05, 0) is 31.0 Å². The maximum absolute atomic E-state index is 13.1. The van der Waals surface area contributed by atoms with Gasteiger partial charge in [0.2, 0.25) is 11.8 Å². The van der Waals surface area contributed by atoms with Gasteiger partial charge in [-0.1, -0.05) is 0 Å². The van der Waals surface area contributed by atoms with Crippen molar-refractivity contribution < 1.29 is 31.9 Å². The van der Waals surface area contributed by atoms with Gasteiger partial charge in [-0.15, -0.1) is 0 Å². The molecule has 2 aromatic rings. The predicted molar refractivity (Wildman–Crippen MR) is 105 cm³/mol. The lowest BCUT2D eigenvalue weighted by molar-refractivity contribution is -0.148. The molecule has 7 nitrogen and oxygen atoms in total. The summed E-state index contributed by atoms with van der Waals surface area (Å²) in [6, 6.07) is 3.22. The topological polar surface area (TPSA) is 75.6 Å². The molecule has 2 aliphatic heterocycles. The molecule has 1 saturated heterocycles. The van der Waals surface area contributed by atoms with Crippen molar-refractivity contribution in [1.82, 2.24) is 14.9 Å². The number of aryl methyl sites for hydroxylation is 1. The quantitative estimate of drug-likeness (QED) is 0.603. The minimum absolute atomic E-state index is 0.0235. The first-order valence-electron chi connectivity index (χ1n) is 9.99. The van der Waals surface area contributed by atoms with E-state index >= 15 is 0 Å². The summed E-state index contributed by atoms with van der Waals surface area (Å²) in [7, 11) is 0. The standard InChI is InChI=1S/C21H20F4N4O3/c1-12-7-13(8-27-18(12)32-11-21(24,25)20(22)23)9-28-10-15-14(19(28)31)4-5-26-17(15)29-6-2-3-16(29)30/h4-5,7-8,20H,2-3,6,9-11H2,1H3. The fourth-order valence-electron chi connectivity index (χ4n) is 3.81. The van der Waals surface area contributed by atoms with Gasteiger partial charge in [-0.3, -0.25) is 14.5 Å². The van der Waals surface area contributed by atoms with Crippen LogP contribution in [0.3, 0.4) is 0 Å². The van der Waals surface area contributed by atoms with Crippen molar-refractivity contribution in [2.75, 3.05) is 18.1 Å². The molecule has 4 rings (SSSR count). The number of carbonyl (C=O) groups excluding carboxylic acids is 2. The van der Waals surface area contributed by atoms with Gasteiger partial charge in [0.05, 0.1) is 6.54 Å². The van der Waals surface area contributed by atoms with Crippen LogP contribution in [0.5, 0.6) is 5.88 Å². The molecule has 2 aromatic heterocycles. The predicted octanol–water partition coefficient (Wildman–Crippen LogP) is 3.35. The number of carbonyl (C=O) groups is 2. The number of anilines is 1. The molecule has 0 saturated carbocycles. The second-order valence-corrected chi connectivity index (χ2v) is 7.79. The minimum Gasteiger partial charge on any atom is -0.471 e. The summed E-state index contributed by atoms with van der Waals surface area (Å²) in [5.41, 5.74) is 2.16. The van der Waals surface area contributed by atoms with Crippen LogP contribution in [0.4, 0.5) is 23.4 Å². The second kappa shape index (κ2) is 8.36. The highest BCUT2D eigenvalue weighted by molar-refractivity contribution is 6.02. The zero-order valence-corrected chi connectivity index (χ0v) is 17.2. The number of pyridine rings is 2. The summed E-state index contributed by atoms with van der Waals surface area (Å²) >= 11 is 0. The van der Waals surface area contributed by atoms with E-state index in [0.29, 0.717) is 41.0 Å². The van der Waals surface area contributed by atoms with Gasteiger partial charge in [0.25, 0.3) is 5.91 Å². The van der Waals surface area contributed by atoms with Crippen LogP contribution in [-0.2, 0) is 17.9 Å². The van der Waals surface area contributed by atoms with Crippen LogP contribution in [0, 0.1) is 6.92 Å². The molecule has 32 heavy (non-hydrogen) atoms. The zero-order chi connectivity index (χ0) is 23.0. The summed E-state index contributed by atoms with van der Waals surface area (Å²) in [5, 5.41) is 0. The number of fused-ring (bicyclic) bond motifs is 1. The Morgan fingerprint density at radius 1 is 1.25 bits per heavy atom. The Morgan fingerprint density at radius 2 is 2.03 bits per heavy atom. The highest BCUT2D eigenvalue weighted by Crippen LogP contribution is 2.33. The van der Waals surface area contributed by atoms with E-state index in [1.807, 2.05) is 0 Å². The molecule has 2 aliphatic rings. The third-order valence-corrected chi connectivity index (χ3v) is 5.41. The number of rotatable bonds is 7. The number of amides is 2. The summed E-state index contributed by atoms with van der Waals surface area (Å²) < 4.78 is 55.5. The first-order valence-corrected chi connectivity index (χ1v) is 9.99. The van der Waals surface area contributed by atoms with Gasteiger partial charge in [0.15, 0.2) is 6.61 Å². The average molecular weight is 452 g/mol. The maximum Gasteiger partial charge on any atom is 0.340 e. The third kappa shape index (κ3) is 4.11. The minimum atomic E-state index is -4.27. The fraction of sp³-hybridized carbons (Fsp3) is 0.429. The molecular weight excluding hydrogens is 432 g/mol. The Kier molecular flexibility index (Phi) is 5.74. The monoisotopic (exact) mass is 452 g/mol. The van der Waals surface area contributed by atoms with E-state index in [4.69, 9.17) is 4.74 Å². The molecule has 2 amide bonds. The van der Waals surface area contributed by atoms with Crippen molar-refractivity contribution in [3.63, 3.8) is 0 Å². The Labute approximate surface area is 181 Å². The third-order valence-electron chi connectivity index (χ3n) is 5.41. The second-order valence-electron chi connectivity index (χ2n) is 7.79. The molecule has 170 valence electrons. The lowest BCUT2D eigenvalue weighted by Crippen LogP contribution is -2.34. The molecule has 0 aromatic carbocycles. The molecule has 0 radical (unpaired) electrons. The first-order chi connectivity index (χ1) is 15.2. The number of alkyl halides is 4. The normalized spacial score (nSPS) is 16.3. The molecule has 0 aliphatic carbocycles. The molecular formula is C21H20F4N4O3. The number of aromatic nitrogens is 2. The van der Waals surface area contributed by atoms with E-state index in [-0.39, 0.29) is 30.8 Å². The Hall–Kier alpha value is -3.24. The molecule has 1 fully saturated rings. The number of hydrogen-bond donors (Lipinski definition) is 0. The Bertz CT molecular complexity index is 1060. The molecule has 0 spiro atoms. The van der Waals surface area contributed by atoms with Gasteiger partial charge in [-0.2, -0.15) is 8.78 Å². The van der Waals surface area contributed by atoms with Crippen LogP contribution in [0.25, 0.3) is 0 Å². The fourth-order valence-corrected chi connectivity index (χ4v) is 3.81. The number of nitrogens with zero attached hydrogens (tertiary/aromatic N) is 4. The highest BCUT2D eigenvalue weighted by atomic mass is 19.3. The van der Waals surface area contributed by atoms with E-state index in [2.05, 4.69) is 9.97 Å². The number of hydrogen-bond acceptors (Lipinski definition) is 5. The van der Waals surface area contributed by atoms with Crippen molar-refractivity contribution in [1.29, 1.82) is 0 Å². The lowest BCUT2D eigenvalue weighted by atomic mass is 10.1. The maximum atomic E-state index is 13.1. The highest BCUT2D eigenvalue weighted by Gasteiger charge is 2.42. The van der Waals surface area contributed by atoms with Crippen LogP contribution >= 0.6 is 0 Å². The molecule has 11 heteroatoms. The van der Waals surface area contributed by atoms with Crippen LogP contribution in [-0.4, -0.2) is 52.2 Å². The van der Waals surface area contributed by atoms with Gasteiger partial charge in [0.1, 0.15) is 5.82 Å². The van der Waals surface area contributed by atoms with Crippen molar-refractivity contribution in [2.24, 2.45) is 0 Å². The summed E-state index contributed by atoms with van der Waals surface area (Å²) in [5.74, 6) is -4.19. The zero-order valence-electron chi connectivity index (χ0n) is 17.2. The molecule has 0 atom stereocenters. The Morgan fingerprint density at radius 3 is 2.69 bits per heavy atom. The van der Waals surface area contributed by atoms with E-state index in [0.717, 1.165) is 6.42 Å². The molecule has 0 bridgehead atoms. The molecule has 4 heterocycles. The van der Waals surface area contributed by atoms with Crippen molar-refractivity contribution >= 4 is 17.6 Å². The first kappa shape index (κ1) is 22.0. The van der Waals surface area contributed by atoms with Crippen LogP contribution in [0.15, 0.2) is 24.5 Å². The van der Waals surface area contributed by atoms with E-state index < -0.39 is 19.0 Å². The van der Waals surface area contributed by atoms with Crippen molar-refractivity contribution in [2.45, 2.75) is 45.2 Å². The largest absolute Gasteiger partial charge is 0.471 e. The SMILES string of the molecule is Cc1cc(CN2Cc3c(ccnc3N3CCCC3=O)C2=O)cnc1OCC(F)(F)C(F)F. The van der Waals surface area contributed by atoms with Crippen molar-refractivity contribution in [3.8, 4) is 5.88 Å². The van der Waals surface area contributed by atoms with E-state index in [9.17, 15) is 27.2 Å². The van der Waals surface area contributed by atoms with Gasteiger partial charge < -0.3 is 9.64 Å². The number of ether oxygens (including phenoxy) is 1. The molecule has 0 N–H and O–H groups in total. The summed E-state index contributed by atoms with van der Waals surface area (Å²) in [4.78, 5) is 36.4. The average Bonchev–Trinajstić information content (AvgIpc) is 3.30. The van der Waals surface area contributed by atoms with E-state index in [1.165, 1.54) is 12.4 Å². The van der Waals surface area contributed by atoms with Gasteiger partial charge >= 0.3 is 12.3 Å². The summed E-state index contributed by atoms with van der Waals surface area (Å²) in [6.07, 6.45) is 0.215.